The van der Waals surface area contributed by atoms with E-state index in [-0.39, 0.29) is 69.2 Å². The van der Waals surface area contributed by atoms with Crippen LogP contribution in [0.4, 0.5) is 0 Å². The maximum Gasteiger partial charge on any atom is 0.246 e. The van der Waals surface area contributed by atoms with E-state index in [0.29, 0.717) is 39.1 Å². The van der Waals surface area contributed by atoms with E-state index in [1.165, 1.54) is 76.2 Å². The summed E-state index contributed by atoms with van der Waals surface area (Å²) in [5.74, 6) is 1.07. The lowest BCUT2D eigenvalue weighted by molar-refractivity contribution is -0.129. The molecule has 0 aliphatic carbocycles. The molecule has 0 spiro atoms. The van der Waals surface area contributed by atoms with Crippen molar-refractivity contribution in [3.63, 3.8) is 0 Å². The number of ether oxygens (including phenoxy) is 4. The second-order valence-electron chi connectivity index (χ2n) is 14.4. The van der Waals surface area contributed by atoms with Crippen LogP contribution >= 0.6 is 11.9 Å². The largest absolute Gasteiger partial charge is 0.377 e. The molecule has 0 bridgehead atoms. The molecule has 334 valence electrons. The number of H-pyrrole nitrogens is 1. The molecule has 0 radical (unpaired) electrons. The Morgan fingerprint density at radius 1 is 0.655 bits per heavy atom. The molecule has 0 aromatic carbocycles. The number of nitrogens with one attached hydrogen (secondary N) is 5. The van der Waals surface area contributed by atoms with E-state index in [0.717, 1.165) is 62.8 Å². The predicted octanol–water partition coefficient (Wildman–Crippen LogP) is 4.17. The number of aryl methyl sites for hydroxylation is 1. The van der Waals surface area contributed by atoms with Crippen molar-refractivity contribution in [2.45, 2.75) is 142 Å². The fraction of sp³-hybridized carbons (Fsp3) is 0.850. The van der Waals surface area contributed by atoms with Crippen molar-refractivity contribution in [2.75, 3.05) is 71.7 Å². The van der Waals surface area contributed by atoms with Gasteiger partial charge in [-0.1, -0.05) is 108 Å². The molecule has 1 aromatic rings. The summed E-state index contributed by atoms with van der Waals surface area (Å²) in [6, 6.07) is -0.521. The Morgan fingerprint density at radius 2 is 1.17 bits per heavy atom. The van der Waals surface area contributed by atoms with E-state index in [9.17, 15) is 24.0 Å². The maximum absolute atomic E-state index is 12.1. The summed E-state index contributed by atoms with van der Waals surface area (Å²) < 4.78 is 24.3. The molecule has 58 heavy (non-hydrogen) atoms. The lowest BCUT2D eigenvalue weighted by Crippen LogP contribution is -2.42. The highest BCUT2D eigenvalue weighted by atomic mass is 32.2. The van der Waals surface area contributed by atoms with Gasteiger partial charge in [-0.25, -0.2) is 0 Å². The first-order chi connectivity index (χ1) is 28.3. The van der Waals surface area contributed by atoms with Crippen LogP contribution in [0, 0.1) is 5.92 Å². The summed E-state index contributed by atoms with van der Waals surface area (Å²) in [6.07, 6.45) is 21.0. The Morgan fingerprint density at radius 3 is 1.74 bits per heavy atom. The first-order valence-corrected chi connectivity index (χ1v) is 22.6. The van der Waals surface area contributed by atoms with Gasteiger partial charge in [-0.05, 0) is 31.6 Å². The standard InChI is InChI=1S/C40H74N8O9S/c1-3-34(2)35(31-49)43-40(53)33-57-29-27-55-25-23-42-39(52)32-56-28-26-54-24-22-41-37(50)20-17-18-30-58-46-38(51)21-16-14-12-10-8-6-4-5-7-9-11-13-15-19-36-44-47-48-45-36/h31,34-35H,3-30,32-33H2,1-2H3,(H,41,50)(H,42,52)(H,43,53)(H,46,51)(H,44,45,47,48)/t34-,35+/m0/s1. The number of tetrazole rings is 1. The summed E-state index contributed by atoms with van der Waals surface area (Å²) >= 11 is 1.42. The molecule has 5 N–H and O–H groups in total. The summed E-state index contributed by atoms with van der Waals surface area (Å²) in [7, 11) is 0. The zero-order chi connectivity index (χ0) is 42.2. The van der Waals surface area contributed by atoms with Crippen LogP contribution in [0.3, 0.4) is 0 Å². The molecule has 0 saturated carbocycles. The molecule has 1 aromatic heterocycles. The van der Waals surface area contributed by atoms with Crippen LogP contribution in [0.25, 0.3) is 0 Å². The average Bonchev–Trinajstić information content (AvgIpc) is 3.75. The molecule has 17 nitrogen and oxygen atoms in total. The third kappa shape index (κ3) is 33.7. The Hall–Kier alpha value is -3.19. The topological polar surface area (TPSA) is 225 Å². The Kier molecular flexibility index (Phi) is 35.8. The van der Waals surface area contributed by atoms with Gasteiger partial charge in [0.1, 0.15) is 19.5 Å². The SMILES string of the molecule is CC[C@H](C)[C@@H](C=O)NC(=O)COCCOCCNC(=O)COCCOCCNC(=O)CCCCSNC(=O)CCCCCCCCCCCCCCCc1nn[nH]n1. The minimum Gasteiger partial charge on any atom is -0.377 e. The van der Waals surface area contributed by atoms with Gasteiger partial charge in [-0.2, -0.15) is 5.21 Å². The average molecular weight is 843 g/mol. The number of aromatic nitrogens is 4. The third-order valence-corrected chi connectivity index (χ3v) is 10.2. The third-order valence-electron chi connectivity index (χ3n) is 9.36. The number of unbranched alkanes of at least 4 members (excludes halogenated alkanes) is 13. The molecular formula is C40H74N8O9S. The fourth-order valence-electron chi connectivity index (χ4n) is 5.67. The van der Waals surface area contributed by atoms with Gasteiger partial charge in [-0.15, -0.1) is 10.2 Å². The number of hydrogen-bond acceptors (Lipinski definition) is 13. The highest BCUT2D eigenvalue weighted by Crippen LogP contribution is 2.14. The zero-order valence-corrected chi connectivity index (χ0v) is 36.2. The van der Waals surface area contributed by atoms with Crippen molar-refractivity contribution in [3.05, 3.63) is 5.82 Å². The molecule has 0 fully saturated rings. The second-order valence-corrected chi connectivity index (χ2v) is 15.3. The number of aromatic amines is 1. The van der Waals surface area contributed by atoms with Gasteiger partial charge in [0, 0.05) is 38.1 Å². The van der Waals surface area contributed by atoms with Gasteiger partial charge in [0.15, 0.2) is 5.82 Å². The minimum absolute atomic E-state index is 0.0314. The van der Waals surface area contributed by atoms with E-state index in [1.807, 2.05) is 13.8 Å². The summed E-state index contributed by atoms with van der Waals surface area (Å²) in [5, 5.41) is 22.2. The van der Waals surface area contributed by atoms with E-state index in [2.05, 4.69) is 41.3 Å². The monoisotopic (exact) mass is 843 g/mol. The molecule has 0 aliphatic heterocycles. The van der Waals surface area contributed by atoms with E-state index in [4.69, 9.17) is 18.9 Å². The van der Waals surface area contributed by atoms with Crippen LogP contribution in [0.1, 0.15) is 135 Å². The zero-order valence-electron chi connectivity index (χ0n) is 35.4. The quantitative estimate of drug-likeness (QED) is 0.0355. The number of rotatable bonds is 42. The first-order valence-electron chi connectivity index (χ1n) is 21.6. The summed E-state index contributed by atoms with van der Waals surface area (Å²) in [5.41, 5.74) is 0. The molecule has 1 rings (SSSR count). The van der Waals surface area contributed by atoms with Crippen LogP contribution < -0.4 is 20.7 Å². The summed E-state index contributed by atoms with van der Waals surface area (Å²) in [4.78, 5) is 58.9. The summed E-state index contributed by atoms with van der Waals surface area (Å²) in [6.45, 7) is 5.93. The molecular weight excluding hydrogens is 769 g/mol. The number of aldehydes is 1. The Balaban J connectivity index is 1.76. The van der Waals surface area contributed by atoms with E-state index in [1.54, 1.807) is 0 Å². The highest BCUT2D eigenvalue weighted by molar-refractivity contribution is 7.97. The predicted molar refractivity (Wildman–Crippen MR) is 224 cm³/mol. The van der Waals surface area contributed by atoms with Crippen molar-refractivity contribution in [3.8, 4) is 0 Å². The van der Waals surface area contributed by atoms with Gasteiger partial charge in [-0.3, -0.25) is 19.2 Å². The van der Waals surface area contributed by atoms with Crippen molar-refractivity contribution in [2.24, 2.45) is 5.92 Å². The van der Waals surface area contributed by atoms with Gasteiger partial charge >= 0.3 is 0 Å². The van der Waals surface area contributed by atoms with Crippen LogP contribution in [0.2, 0.25) is 0 Å². The second kappa shape index (κ2) is 39.3. The number of nitrogens with zero attached hydrogens (tertiary/aromatic N) is 3. The van der Waals surface area contributed by atoms with Crippen LogP contribution in [0.5, 0.6) is 0 Å². The number of hydrogen-bond donors (Lipinski definition) is 5. The lowest BCUT2D eigenvalue weighted by atomic mass is 10.0. The Bertz CT molecular complexity index is 1170. The smallest absolute Gasteiger partial charge is 0.246 e. The molecule has 0 saturated heterocycles. The normalized spacial score (nSPS) is 12.2. The molecule has 4 amide bonds. The van der Waals surface area contributed by atoms with E-state index >= 15 is 0 Å². The molecule has 18 heteroatoms. The van der Waals surface area contributed by atoms with Crippen molar-refractivity contribution < 1.29 is 42.9 Å². The first kappa shape index (κ1) is 52.8. The number of amides is 4. The molecule has 2 atom stereocenters. The molecule has 0 unspecified atom stereocenters. The van der Waals surface area contributed by atoms with Gasteiger partial charge in [0.2, 0.25) is 23.6 Å². The molecule has 0 aliphatic rings. The van der Waals surface area contributed by atoms with Gasteiger partial charge < -0.3 is 44.4 Å². The minimum atomic E-state index is -0.521. The van der Waals surface area contributed by atoms with Crippen molar-refractivity contribution in [1.82, 2.24) is 41.3 Å². The van der Waals surface area contributed by atoms with Gasteiger partial charge in [0.25, 0.3) is 0 Å². The van der Waals surface area contributed by atoms with Crippen molar-refractivity contribution >= 4 is 41.9 Å². The van der Waals surface area contributed by atoms with Crippen LogP contribution in [-0.4, -0.2) is 128 Å². The fourth-order valence-corrected chi connectivity index (χ4v) is 6.38. The van der Waals surface area contributed by atoms with Crippen molar-refractivity contribution in [1.29, 1.82) is 0 Å². The van der Waals surface area contributed by atoms with Crippen LogP contribution in [-0.2, 0) is 49.3 Å². The lowest BCUT2D eigenvalue weighted by Gasteiger charge is -2.18. The maximum atomic E-state index is 12.1. The molecule has 1 heterocycles. The number of carbonyl (C=O) groups excluding carboxylic acids is 5. The highest BCUT2D eigenvalue weighted by Gasteiger charge is 2.17. The van der Waals surface area contributed by atoms with Gasteiger partial charge in [0.05, 0.1) is 45.7 Å². The van der Waals surface area contributed by atoms with E-state index < -0.39 is 6.04 Å². The Labute approximate surface area is 350 Å². The number of carbonyl (C=O) groups is 5. The van der Waals surface area contributed by atoms with Crippen LogP contribution in [0.15, 0.2) is 0 Å².